The Hall–Kier alpha value is -2.71. The Morgan fingerprint density at radius 1 is 1.07 bits per heavy atom. The minimum Gasteiger partial charge on any atom is -0.387 e. The average molecular weight is 395 g/mol. The van der Waals surface area contributed by atoms with Gasteiger partial charge in [-0.3, -0.25) is 0 Å². The van der Waals surface area contributed by atoms with Crippen molar-refractivity contribution in [1.29, 1.82) is 0 Å². The van der Waals surface area contributed by atoms with E-state index in [9.17, 15) is 18.3 Å². The van der Waals surface area contributed by atoms with Gasteiger partial charge in [0, 0.05) is 12.1 Å². The molecule has 5 nitrogen and oxygen atoms in total. The molecule has 0 fully saturated rings. The predicted molar refractivity (Wildman–Crippen MR) is 95.2 cm³/mol. The van der Waals surface area contributed by atoms with E-state index in [4.69, 9.17) is 11.6 Å². The summed E-state index contributed by atoms with van der Waals surface area (Å²) < 4.78 is 38.4. The summed E-state index contributed by atoms with van der Waals surface area (Å²) in [4.78, 5) is 12.1. The van der Waals surface area contributed by atoms with Gasteiger partial charge in [-0.1, -0.05) is 48.0 Å². The molecule has 0 saturated heterocycles. The highest BCUT2D eigenvalue weighted by Crippen LogP contribution is 2.36. The van der Waals surface area contributed by atoms with Crippen molar-refractivity contribution in [3.8, 4) is 11.4 Å². The van der Waals surface area contributed by atoms with Crippen molar-refractivity contribution in [1.82, 2.24) is 15.0 Å². The van der Waals surface area contributed by atoms with E-state index in [0.717, 1.165) is 17.7 Å². The lowest BCUT2D eigenvalue weighted by molar-refractivity contribution is -0.137. The molecule has 0 saturated carbocycles. The van der Waals surface area contributed by atoms with Gasteiger partial charge in [0.2, 0.25) is 5.95 Å². The standard InChI is InChI=1S/C18H14ClF3N4O/c19-14-8-12(6-7-13(14)18(20,21)22)16-24-10-25-17(26-16)23-9-15(27)11-4-2-1-3-5-11/h1-8,10,15,27H,9H2,(H,23,24,25,26). The fourth-order valence-electron chi connectivity index (χ4n) is 2.39. The zero-order chi connectivity index (χ0) is 19.4. The molecule has 9 heteroatoms. The first-order valence-electron chi connectivity index (χ1n) is 7.87. The summed E-state index contributed by atoms with van der Waals surface area (Å²) >= 11 is 5.73. The molecule has 0 radical (unpaired) electrons. The number of aliphatic hydroxyl groups is 1. The molecular weight excluding hydrogens is 381 g/mol. The number of hydrogen-bond acceptors (Lipinski definition) is 5. The summed E-state index contributed by atoms with van der Waals surface area (Å²) in [5, 5.41) is 12.6. The van der Waals surface area contributed by atoms with E-state index in [1.54, 1.807) is 12.1 Å². The van der Waals surface area contributed by atoms with Gasteiger partial charge in [-0.15, -0.1) is 0 Å². The van der Waals surface area contributed by atoms with Gasteiger partial charge in [-0.05, 0) is 17.7 Å². The first-order valence-corrected chi connectivity index (χ1v) is 8.25. The van der Waals surface area contributed by atoms with Crippen molar-refractivity contribution >= 4 is 17.5 Å². The van der Waals surface area contributed by atoms with E-state index in [1.165, 1.54) is 12.4 Å². The summed E-state index contributed by atoms with van der Waals surface area (Å²) in [5.41, 5.74) is 0.127. The molecule has 0 bridgehead atoms. The van der Waals surface area contributed by atoms with Gasteiger partial charge in [0.1, 0.15) is 6.33 Å². The van der Waals surface area contributed by atoms with E-state index in [1.807, 2.05) is 18.2 Å². The normalized spacial score (nSPS) is 12.6. The lowest BCUT2D eigenvalue weighted by Crippen LogP contribution is -2.14. The molecule has 0 spiro atoms. The zero-order valence-corrected chi connectivity index (χ0v) is 14.5. The van der Waals surface area contributed by atoms with Crippen LogP contribution in [0.15, 0.2) is 54.9 Å². The lowest BCUT2D eigenvalue weighted by atomic mass is 10.1. The number of hydrogen-bond donors (Lipinski definition) is 2. The first-order chi connectivity index (χ1) is 12.8. The van der Waals surface area contributed by atoms with Gasteiger partial charge in [0.05, 0.1) is 16.7 Å². The molecule has 3 rings (SSSR count). The van der Waals surface area contributed by atoms with Crippen LogP contribution in [0.1, 0.15) is 17.2 Å². The molecule has 0 amide bonds. The van der Waals surface area contributed by atoms with Crippen molar-refractivity contribution < 1.29 is 18.3 Å². The second-order valence-electron chi connectivity index (χ2n) is 5.63. The number of benzene rings is 2. The van der Waals surface area contributed by atoms with E-state index in [2.05, 4.69) is 20.3 Å². The number of aromatic nitrogens is 3. The Bertz CT molecular complexity index is 922. The number of anilines is 1. The average Bonchev–Trinajstić information content (AvgIpc) is 2.66. The Morgan fingerprint density at radius 2 is 1.81 bits per heavy atom. The maximum atomic E-state index is 12.8. The number of alkyl halides is 3. The molecule has 2 N–H and O–H groups in total. The molecule has 27 heavy (non-hydrogen) atoms. The Morgan fingerprint density at radius 3 is 2.48 bits per heavy atom. The van der Waals surface area contributed by atoms with E-state index < -0.39 is 22.9 Å². The second-order valence-corrected chi connectivity index (χ2v) is 6.04. The maximum absolute atomic E-state index is 12.8. The Balaban J connectivity index is 1.75. The molecular formula is C18H14ClF3N4O. The summed E-state index contributed by atoms with van der Waals surface area (Å²) in [6.45, 7) is 0.154. The van der Waals surface area contributed by atoms with Gasteiger partial charge in [-0.25, -0.2) is 9.97 Å². The minimum absolute atomic E-state index is 0.154. The van der Waals surface area contributed by atoms with Crippen molar-refractivity contribution in [3.63, 3.8) is 0 Å². The van der Waals surface area contributed by atoms with Gasteiger partial charge >= 0.3 is 6.18 Å². The third kappa shape index (κ3) is 4.72. The predicted octanol–water partition coefficient (Wildman–Crippen LogP) is 4.36. The fourth-order valence-corrected chi connectivity index (χ4v) is 2.67. The number of halogens is 4. The molecule has 2 aromatic carbocycles. The van der Waals surface area contributed by atoms with Gasteiger partial charge in [0.25, 0.3) is 0 Å². The molecule has 1 heterocycles. The molecule has 0 aliphatic carbocycles. The van der Waals surface area contributed by atoms with Gasteiger partial charge < -0.3 is 10.4 Å². The first kappa shape index (κ1) is 19.1. The van der Waals surface area contributed by atoms with Crippen LogP contribution in [0.3, 0.4) is 0 Å². The maximum Gasteiger partial charge on any atom is 0.417 e. The third-order valence-corrected chi connectivity index (χ3v) is 4.06. The smallest absolute Gasteiger partial charge is 0.387 e. The van der Waals surface area contributed by atoms with Crippen LogP contribution in [0, 0.1) is 0 Å². The van der Waals surface area contributed by atoms with E-state index in [-0.39, 0.29) is 18.3 Å². The number of nitrogens with zero attached hydrogens (tertiary/aromatic N) is 3. The summed E-state index contributed by atoms with van der Waals surface area (Å²) in [7, 11) is 0. The summed E-state index contributed by atoms with van der Waals surface area (Å²) in [5.74, 6) is 0.350. The topological polar surface area (TPSA) is 70.9 Å². The molecule has 3 aromatic rings. The monoisotopic (exact) mass is 394 g/mol. The van der Waals surface area contributed by atoms with Crippen LogP contribution < -0.4 is 5.32 Å². The Labute approximate surface area is 157 Å². The van der Waals surface area contributed by atoms with Crippen LogP contribution in [-0.2, 0) is 6.18 Å². The fraction of sp³-hybridized carbons (Fsp3) is 0.167. The van der Waals surface area contributed by atoms with Crippen molar-refractivity contribution in [2.45, 2.75) is 12.3 Å². The van der Waals surface area contributed by atoms with E-state index in [0.29, 0.717) is 5.56 Å². The molecule has 1 atom stereocenters. The van der Waals surface area contributed by atoms with Crippen LogP contribution in [0.25, 0.3) is 11.4 Å². The van der Waals surface area contributed by atoms with Gasteiger partial charge in [-0.2, -0.15) is 18.2 Å². The van der Waals surface area contributed by atoms with Crippen molar-refractivity contribution in [3.05, 3.63) is 71.0 Å². The third-order valence-electron chi connectivity index (χ3n) is 3.74. The van der Waals surface area contributed by atoms with Crippen molar-refractivity contribution in [2.75, 3.05) is 11.9 Å². The quantitative estimate of drug-likeness (QED) is 0.673. The lowest BCUT2D eigenvalue weighted by Gasteiger charge is -2.12. The summed E-state index contributed by atoms with van der Waals surface area (Å²) in [6, 6.07) is 12.3. The highest BCUT2D eigenvalue weighted by Gasteiger charge is 2.33. The number of aliphatic hydroxyl groups excluding tert-OH is 1. The highest BCUT2D eigenvalue weighted by molar-refractivity contribution is 6.31. The molecule has 0 aliphatic rings. The van der Waals surface area contributed by atoms with Crippen molar-refractivity contribution in [2.24, 2.45) is 0 Å². The SMILES string of the molecule is OC(CNc1ncnc(-c2ccc(C(F)(F)F)c(Cl)c2)n1)c1ccccc1. The summed E-state index contributed by atoms with van der Waals surface area (Å²) in [6.07, 6.45) is -4.08. The molecule has 1 unspecified atom stereocenters. The van der Waals surface area contributed by atoms with Crippen LogP contribution in [0.2, 0.25) is 5.02 Å². The van der Waals surface area contributed by atoms with Gasteiger partial charge in [0.15, 0.2) is 5.82 Å². The number of nitrogens with one attached hydrogen (secondary N) is 1. The highest BCUT2D eigenvalue weighted by atomic mass is 35.5. The van der Waals surface area contributed by atoms with E-state index >= 15 is 0 Å². The Kier molecular flexibility index (Phi) is 5.57. The molecule has 140 valence electrons. The van der Waals surface area contributed by atoms with Crippen LogP contribution in [0.4, 0.5) is 19.1 Å². The second kappa shape index (κ2) is 7.89. The van der Waals surface area contributed by atoms with Crippen LogP contribution >= 0.6 is 11.6 Å². The minimum atomic E-state index is -4.53. The molecule has 0 aliphatic heterocycles. The van der Waals surface area contributed by atoms with Crippen LogP contribution in [-0.4, -0.2) is 26.6 Å². The largest absolute Gasteiger partial charge is 0.417 e. The van der Waals surface area contributed by atoms with Crippen LogP contribution in [0.5, 0.6) is 0 Å². The zero-order valence-electron chi connectivity index (χ0n) is 13.8. The molecule has 1 aromatic heterocycles. The number of rotatable bonds is 5.